The Kier molecular flexibility index (Phi) is 5.54. The third-order valence-electron chi connectivity index (χ3n) is 2.56. The van der Waals surface area contributed by atoms with Crippen molar-refractivity contribution in [1.82, 2.24) is 4.90 Å². The monoisotopic (exact) mass is 278 g/mol. The van der Waals surface area contributed by atoms with Crippen LogP contribution in [0.3, 0.4) is 0 Å². The van der Waals surface area contributed by atoms with E-state index >= 15 is 0 Å². The van der Waals surface area contributed by atoms with E-state index in [4.69, 9.17) is 11.5 Å². The fourth-order valence-electron chi connectivity index (χ4n) is 1.68. The standard InChI is InChI=1S/C14H15FN2O3/c1-3-9-16(10-13(18)19)14(20)17(4-2)12-7-5-11(15)6-8-12/h1,5-8H,4,9-10H2,2H3,(H,18,19). The van der Waals surface area contributed by atoms with Gasteiger partial charge in [0.05, 0.1) is 6.54 Å². The number of carboxylic acids is 1. The van der Waals surface area contributed by atoms with E-state index in [1.54, 1.807) is 6.92 Å². The van der Waals surface area contributed by atoms with Gasteiger partial charge < -0.3 is 10.0 Å². The number of anilines is 1. The van der Waals surface area contributed by atoms with Gasteiger partial charge in [0, 0.05) is 12.2 Å². The second-order valence-corrected chi connectivity index (χ2v) is 3.96. The maximum absolute atomic E-state index is 12.9. The first kappa shape index (κ1) is 15.5. The van der Waals surface area contributed by atoms with Crippen molar-refractivity contribution in [1.29, 1.82) is 0 Å². The molecule has 1 rings (SSSR count). The van der Waals surface area contributed by atoms with Gasteiger partial charge in [-0.25, -0.2) is 9.18 Å². The molecule has 0 heterocycles. The number of halogens is 1. The average molecular weight is 278 g/mol. The molecule has 0 saturated heterocycles. The molecule has 0 fully saturated rings. The molecule has 0 aliphatic heterocycles. The van der Waals surface area contributed by atoms with E-state index in [0.717, 1.165) is 4.90 Å². The van der Waals surface area contributed by atoms with Crippen LogP contribution >= 0.6 is 0 Å². The molecule has 6 heteroatoms. The fourth-order valence-corrected chi connectivity index (χ4v) is 1.68. The second kappa shape index (κ2) is 7.14. The van der Waals surface area contributed by atoms with E-state index in [9.17, 15) is 14.0 Å². The third kappa shape index (κ3) is 3.99. The van der Waals surface area contributed by atoms with Gasteiger partial charge in [-0.05, 0) is 31.2 Å². The molecule has 0 aliphatic rings. The first-order valence-corrected chi connectivity index (χ1v) is 5.96. The summed E-state index contributed by atoms with van der Waals surface area (Å²) >= 11 is 0. The summed E-state index contributed by atoms with van der Waals surface area (Å²) in [7, 11) is 0. The Labute approximate surface area is 116 Å². The highest BCUT2D eigenvalue weighted by Gasteiger charge is 2.22. The summed E-state index contributed by atoms with van der Waals surface area (Å²) in [5.74, 6) is 0.686. The summed E-state index contributed by atoms with van der Waals surface area (Å²) in [6, 6.07) is 4.83. The molecular formula is C14H15FN2O3. The molecule has 1 aromatic rings. The van der Waals surface area contributed by atoms with Gasteiger partial charge in [0.15, 0.2) is 0 Å². The molecule has 0 bridgehead atoms. The van der Waals surface area contributed by atoms with E-state index in [1.165, 1.54) is 29.2 Å². The zero-order valence-corrected chi connectivity index (χ0v) is 11.0. The Morgan fingerprint density at radius 1 is 1.35 bits per heavy atom. The summed E-state index contributed by atoms with van der Waals surface area (Å²) in [5.41, 5.74) is 0.478. The van der Waals surface area contributed by atoms with Crippen LogP contribution in [0, 0.1) is 18.2 Å². The van der Waals surface area contributed by atoms with Crippen molar-refractivity contribution in [2.24, 2.45) is 0 Å². The third-order valence-corrected chi connectivity index (χ3v) is 2.56. The molecule has 0 aliphatic carbocycles. The number of aliphatic carboxylic acids is 1. The zero-order chi connectivity index (χ0) is 15.1. The Bertz CT molecular complexity index is 522. The van der Waals surface area contributed by atoms with Crippen LogP contribution in [-0.2, 0) is 4.79 Å². The average Bonchev–Trinajstić information content (AvgIpc) is 2.40. The molecule has 1 N–H and O–H groups in total. The summed E-state index contributed by atoms with van der Waals surface area (Å²) < 4.78 is 12.9. The van der Waals surface area contributed by atoms with E-state index < -0.39 is 24.4 Å². The normalized spacial score (nSPS) is 9.65. The molecular weight excluding hydrogens is 263 g/mol. The lowest BCUT2D eigenvalue weighted by molar-refractivity contribution is -0.137. The van der Waals surface area contributed by atoms with Crippen molar-refractivity contribution < 1.29 is 19.1 Å². The smallest absolute Gasteiger partial charge is 0.325 e. The molecule has 0 unspecified atom stereocenters. The highest BCUT2D eigenvalue weighted by atomic mass is 19.1. The minimum absolute atomic E-state index is 0.108. The van der Waals surface area contributed by atoms with Crippen molar-refractivity contribution in [3.05, 3.63) is 30.1 Å². The lowest BCUT2D eigenvalue weighted by atomic mass is 10.3. The van der Waals surface area contributed by atoms with E-state index in [0.29, 0.717) is 12.2 Å². The topological polar surface area (TPSA) is 60.9 Å². The van der Waals surface area contributed by atoms with Crippen LogP contribution in [0.5, 0.6) is 0 Å². The molecule has 0 spiro atoms. The highest BCUT2D eigenvalue weighted by Crippen LogP contribution is 2.16. The van der Waals surface area contributed by atoms with Crippen LogP contribution < -0.4 is 4.90 Å². The first-order chi connectivity index (χ1) is 9.49. The van der Waals surface area contributed by atoms with Crippen molar-refractivity contribution >= 4 is 17.7 Å². The van der Waals surface area contributed by atoms with Gasteiger partial charge in [0.2, 0.25) is 0 Å². The Hall–Kier alpha value is -2.55. The van der Waals surface area contributed by atoms with Crippen LogP contribution in [0.4, 0.5) is 14.9 Å². The first-order valence-electron chi connectivity index (χ1n) is 5.96. The van der Waals surface area contributed by atoms with Gasteiger partial charge >= 0.3 is 12.0 Å². The number of urea groups is 1. The number of hydrogen-bond acceptors (Lipinski definition) is 2. The number of hydrogen-bond donors (Lipinski definition) is 1. The number of nitrogens with zero attached hydrogens (tertiary/aromatic N) is 2. The second-order valence-electron chi connectivity index (χ2n) is 3.96. The quantitative estimate of drug-likeness (QED) is 0.835. The highest BCUT2D eigenvalue weighted by molar-refractivity contribution is 5.93. The molecule has 0 atom stereocenters. The molecule has 0 aromatic heterocycles. The lowest BCUT2D eigenvalue weighted by Crippen LogP contribution is -2.45. The molecule has 0 saturated carbocycles. The zero-order valence-electron chi connectivity index (χ0n) is 11.0. The number of rotatable bonds is 5. The molecule has 5 nitrogen and oxygen atoms in total. The van der Waals surface area contributed by atoms with Gasteiger partial charge in [-0.15, -0.1) is 6.42 Å². The maximum atomic E-state index is 12.9. The van der Waals surface area contributed by atoms with Gasteiger partial charge in [0.25, 0.3) is 0 Å². The number of amides is 2. The Morgan fingerprint density at radius 2 is 1.95 bits per heavy atom. The largest absolute Gasteiger partial charge is 0.480 e. The van der Waals surface area contributed by atoms with Gasteiger partial charge in [0.1, 0.15) is 12.4 Å². The van der Waals surface area contributed by atoms with E-state index in [-0.39, 0.29) is 6.54 Å². The number of carbonyl (C=O) groups is 2. The van der Waals surface area contributed by atoms with Gasteiger partial charge in [-0.2, -0.15) is 0 Å². The van der Waals surface area contributed by atoms with Gasteiger partial charge in [-0.3, -0.25) is 9.69 Å². The Morgan fingerprint density at radius 3 is 2.40 bits per heavy atom. The molecule has 20 heavy (non-hydrogen) atoms. The minimum Gasteiger partial charge on any atom is -0.480 e. The predicted molar refractivity (Wildman–Crippen MR) is 72.9 cm³/mol. The van der Waals surface area contributed by atoms with Crippen LogP contribution in [-0.4, -0.2) is 41.6 Å². The maximum Gasteiger partial charge on any atom is 0.325 e. The fraction of sp³-hybridized carbons (Fsp3) is 0.286. The van der Waals surface area contributed by atoms with Crippen LogP contribution in [0.1, 0.15) is 6.92 Å². The van der Waals surface area contributed by atoms with Crippen molar-refractivity contribution in [2.75, 3.05) is 24.5 Å². The lowest BCUT2D eigenvalue weighted by Gasteiger charge is -2.27. The summed E-state index contributed by atoms with van der Waals surface area (Å²) in [6.07, 6.45) is 5.14. The molecule has 0 radical (unpaired) electrons. The summed E-state index contributed by atoms with van der Waals surface area (Å²) in [4.78, 5) is 25.4. The predicted octanol–water partition coefficient (Wildman–Crippen LogP) is 1.79. The SMILES string of the molecule is C#CCN(CC(=O)O)C(=O)N(CC)c1ccc(F)cc1. The van der Waals surface area contributed by atoms with Crippen LogP contribution in [0.15, 0.2) is 24.3 Å². The van der Waals surface area contributed by atoms with Crippen LogP contribution in [0.25, 0.3) is 0 Å². The van der Waals surface area contributed by atoms with E-state index in [2.05, 4.69) is 5.92 Å². The number of carboxylic acid groups (broad SMARTS) is 1. The molecule has 1 aromatic carbocycles. The number of carbonyl (C=O) groups excluding carboxylic acids is 1. The van der Waals surface area contributed by atoms with Gasteiger partial charge in [-0.1, -0.05) is 5.92 Å². The van der Waals surface area contributed by atoms with Crippen molar-refractivity contribution in [3.63, 3.8) is 0 Å². The molecule has 2 amide bonds. The summed E-state index contributed by atoms with van der Waals surface area (Å²) in [6.45, 7) is 1.45. The van der Waals surface area contributed by atoms with Crippen molar-refractivity contribution in [3.8, 4) is 12.3 Å². The van der Waals surface area contributed by atoms with E-state index in [1.807, 2.05) is 0 Å². The number of benzene rings is 1. The minimum atomic E-state index is -1.15. The van der Waals surface area contributed by atoms with Crippen molar-refractivity contribution in [2.45, 2.75) is 6.92 Å². The summed E-state index contributed by atoms with van der Waals surface area (Å²) in [5, 5.41) is 8.79. The van der Waals surface area contributed by atoms with Crippen LogP contribution in [0.2, 0.25) is 0 Å². The number of terminal acetylenes is 1. The Balaban J connectivity index is 2.97. The molecule has 106 valence electrons.